The number of carboxylic acid groups (broad SMARTS) is 3. The summed E-state index contributed by atoms with van der Waals surface area (Å²) in [6.07, 6.45) is 29.4. The van der Waals surface area contributed by atoms with Crippen LogP contribution in [0.4, 0.5) is 0 Å². The number of allylic oxidation sites excluding steroid dienone is 2. The third-order valence-electron chi connectivity index (χ3n) is 8.20. The van der Waals surface area contributed by atoms with Crippen LogP contribution >= 0.6 is 0 Å². The number of unbranched alkanes of at least 4 members (excludes halogenated alkanes) is 16. The van der Waals surface area contributed by atoms with Crippen molar-refractivity contribution in [2.75, 3.05) is 26.2 Å². The second-order valence-electron chi connectivity index (χ2n) is 12.1. The van der Waals surface area contributed by atoms with Gasteiger partial charge < -0.3 is 24.6 Å². The monoisotopic (exact) mass is 581 g/mol. The molecule has 0 aliphatic rings. The van der Waals surface area contributed by atoms with E-state index < -0.39 is 17.9 Å². The summed E-state index contributed by atoms with van der Waals surface area (Å²) in [6.45, 7) is 5.03. The van der Waals surface area contributed by atoms with Crippen LogP contribution in [0.3, 0.4) is 0 Å². The molecule has 0 heterocycles. The van der Waals surface area contributed by atoms with Gasteiger partial charge in [0.2, 0.25) is 0 Å². The van der Waals surface area contributed by atoms with Crippen molar-refractivity contribution in [1.29, 1.82) is 0 Å². The summed E-state index contributed by atoms with van der Waals surface area (Å²) in [4.78, 5) is 33.1. The Bertz CT molecular complexity index is 628. The first-order valence-electron chi connectivity index (χ1n) is 16.9. The van der Waals surface area contributed by atoms with Crippen LogP contribution in [0.1, 0.15) is 161 Å². The van der Waals surface area contributed by atoms with Gasteiger partial charge in [0, 0.05) is 25.2 Å². The predicted octanol–water partition coefficient (Wildman–Crippen LogP) is 7.66. The SMILES string of the molecule is CCCCCCCC/C=C/CCCCCCCCCCCC[N+](CCCC(=O)[O-])(CCCC(=O)O)CCCC(=O)O. The molecule has 0 saturated heterocycles. The Balaban J connectivity index is 4.09. The van der Waals surface area contributed by atoms with Gasteiger partial charge in [-0.05, 0) is 44.9 Å². The first-order valence-corrected chi connectivity index (χ1v) is 16.9. The van der Waals surface area contributed by atoms with Gasteiger partial charge in [-0.3, -0.25) is 9.59 Å². The van der Waals surface area contributed by atoms with Crippen LogP contribution in [0.5, 0.6) is 0 Å². The van der Waals surface area contributed by atoms with Crippen molar-refractivity contribution in [2.24, 2.45) is 0 Å². The maximum atomic E-state index is 11.1. The van der Waals surface area contributed by atoms with Gasteiger partial charge in [-0.25, -0.2) is 0 Å². The lowest BCUT2D eigenvalue weighted by Crippen LogP contribution is -2.51. The fraction of sp³-hybridized carbons (Fsp3) is 0.853. The molecule has 0 radical (unpaired) electrons. The normalized spacial score (nSPS) is 11.8. The van der Waals surface area contributed by atoms with E-state index in [-0.39, 0.29) is 19.3 Å². The lowest BCUT2D eigenvalue weighted by Gasteiger charge is -2.39. The second kappa shape index (κ2) is 28.2. The molecule has 0 saturated carbocycles. The Hall–Kier alpha value is -1.89. The van der Waals surface area contributed by atoms with E-state index in [2.05, 4.69) is 19.1 Å². The van der Waals surface area contributed by atoms with Gasteiger partial charge in [0.25, 0.3) is 0 Å². The van der Waals surface area contributed by atoms with E-state index in [0.717, 1.165) is 19.4 Å². The molecule has 0 aromatic heterocycles. The van der Waals surface area contributed by atoms with E-state index in [9.17, 15) is 19.5 Å². The molecule has 0 rings (SSSR count). The van der Waals surface area contributed by atoms with Crippen molar-refractivity contribution in [1.82, 2.24) is 0 Å². The minimum atomic E-state index is -1.07. The fourth-order valence-corrected chi connectivity index (χ4v) is 5.76. The van der Waals surface area contributed by atoms with Crippen LogP contribution < -0.4 is 5.11 Å². The third kappa shape index (κ3) is 28.0. The number of carbonyl (C=O) groups is 3. The zero-order valence-corrected chi connectivity index (χ0v) is 26.4. The van der Waals surface area contributed by atoms with E-state index in [0.29, 0.717) is 43.4 Å². The number of nitrogens with zero attached hydrogens (tertiary/aromatic N) is 1. The van der Waals surface area contributed by atoms with Crippen LogP contribution in [-0.2, 0) is 14.4 Å². The summed E-state index contributed by atoms with van der Waals surface area (Å²) >= 11 is 0. The highest BCUT2D eigenvalue weighted by Crippen LogP contribution is 2.19. The van der Waals surface area contributed by atoms with Crippen LogP contribution in [0.15, 0.2) is 12.2 Å². The van der Waals surface area contributed by atoms with E-state index in [1.165, 1.54) is 103 Å². The molecule has 0 fully saturated rings. The number of carboxylic acids is 3. The molecule has 0 aliphatic heterocycles. The number of carbonyl (C=O) groups excluding carboxylic acids is 1. The second-order valence-corrected chi connectivity index (χ2v) is 12.1. The van der Waals surface area contributed by atoms with E-state index in [4.69, 9.17) is 10.2 Å². The van der Waals surface area contributed by atoms with Gasteiger partial charge in [0.15, 0.2) is 0 Å². The number of hydrogen-bond acceptors (Lipinski definition) is 4. The molecule has 0 bridgehead atoms. The highest BCUT2D eigenvalue weighted by atomic mass is 16.4. The van der Waals surface area contributed by atoms with Crippen LogP contribution in [-0.4, -0.2) is 58.8 Å². The molecule has 0 aromatic rings. The Labute approximate surface area is 251 Å². The zero-order chi connectivity index (χ0) is 30.4. The molecule has 7 nitrogen and oxygen atoms in total. The van der Waals surface area contributed by atoms with Crippen molar-refractivity contribution in [3.05, 3.63) is 12.2 Å². The Kier molecular flexibility index (Phi) is 26.9. The van der Waals surface area contributed by atoms with Crippen LogP contribution in [0, 0.1) is 0 Å². The van der Waals surface area contributed by atoms with Gasteiger partial charge >= 0.3 is 11.9 Å². The maximum Gasteiger partial charge on any atom is 0.303 e. The van der Waals surface area contributed by atoms with E-state index >= 15 is 0 Å². The molecule has 2 N–H and O–H groups in total. The maximum absolute atomic E-state index is 11.1. The fourth-order valence-electron chi connectivity index (χ4n) is 5.76. The minimum absolute atomic E-state index is 0.0200. The van der Waals surface area contributed by atoms with Crippen molar-refractivity contribution in [3.63, 3.8) is 0 Å². The number of aliphatic carboxylic acids is 3. The summed E-state index contributed by atoms with van der Waals surface area (Å²) in [5, 5.41) is 29.1. The molecule has 7 heteroatoms. The lowest BCUT2D eigenvalue weighted by molar-refractivity contribution is -0.929. The smallest absolute Gasteiger partial charge is 0.303 e. The lowest BCUT2D eigenvalue weighted by atomic mass is 10.0. The van der Waals surface area contributed by atoms with Crippen molar-refractivity contribution < 1.29 is 34.2 Å². The average Bonchev–Trinajstić information content (AvgIpc) is 2.91. The molecular formula is C34H63NO6. The first-order chi connectivity index (χ1) is 19.8. The van der Waals surface area contributed by atoms with Crippen LogP contribution in [0.2, 0.25) is 0 Å². The molecule has 0 unspecified atom stereocenters. The summed E-state index contributed by atoms with van der Waals surface area (Å²) in [7, 11) is 0. The molecule has 0 spiro atoms. The number of quaternary nitrogens is 1. The summed E-state index contributed by atoms with van der Waals surface area (Å²) in [5.41, 5.74) is 0. The number of rotatable bonds is 32. The first kappa shape index (κ1) is 39.1. The number of hydrogen-bond donors (Lipinski definition) is 2. The van der Waals surface area contributed by atoms with E-state index in [1.54, 1.807) is 0 Å². The van der Waals surface area contributed by atoms with Gasteiger partial charge in [0.05, 0.1) is 39.0 Å². The highest BCUT2D eigenvalue weighted by Gasteiger charge is 2.26. The molecule has 0 aliphatic carbocycles. The molecule has 41 heavy (non-hydrogen) atoms. The quantitative estimate of drug-likeness (QED) is 0.0479. The topological polar surface area (TPSA) is 115 Å². The van der Waals surface area contributed by atoms with E-state index in [1.807, 2.05) is 0 Å². The average molecular weight is 582 g/mol. The van der Waals surface area contributed by atoms with Crippen molar-refractivity contribution in [3.8, 4) is 0 Å². The predicted molar refractivity (Wildman–Crippen MR) is 166 cm³/mol. The molecule has 0 aromatic carbocycles. The van der Waals surface area contributed by atoms with Gasteiger partial charge in [-0.1, -0.05) is 96.1 Å². The Morgan fingerprint density at radius 1 is 0.512 bits per heavy atom. The molecule has 0 atom stereocenters. The Morgan fingerprint density at radius 2 is 0.854 bits per heavy atom. The van der Waals surface area contributed by atoms with Crippen LogP contribution in [0.25, 0.3) is 0 Å². The largest absolute Gasteiger partial charge is 0.550 e. The third-order valence-corrected chi connectivity index (χ3v) is 8.20. The molecule has 0 amide bonds. The standard InChI is InChI=1S/C34H63NO6/c1-2-3-4-5-6-7-8-9-10-11-12-13-14-15-16-17-18-19-20-21-28-35(29-22-25-32(36)37,30-23-26-33(38)39)31-24-27-34(40)41/h9-10H,2-8,11-31H2,1H3,(H2-,36,37,38,39,40,41)/b10-9+. The highest BCUT2D eigenvalue weighted by molar-refractivity contribution is 5.66. The summed E-state index contributed by atoms with van der Waals surface area (Å²) in [6, 6.07) is 0. The summed E-state index contributed by atoms with van der Waals surface area (Å²) in [5.74, 6) is -2.74. The molecular weight excluding hydrogens is 518 g/mol. The van der Waals surface area contributed by atoms with Gasteiger partial charge in [-0.2, -0.15) is 0 Å². The zero-order valence-electron chi connectivity index (χ0n) is 26.4. The van der Waals surface area contributed by atoms with Crippen molar-refractivity contribution in [2.45, 2.75) is 161 Å². The van der Waals surface area contributed by atoms with Crippen molar-refractivity contribution >= 4 is 17.9 Å². The Morgan fingerprint density at radius 3 is 1.24 bits per heavy atom. The molecule has 240 valence electrons. The summed E-state index contributed by atoms with van der Waals surface area (Å²) < 4.78 is 0.613. The minimum Gasteiger partial charge on any atom is -0.550 e. The van der Waals surface area contributed by atoms with Gasteiger partial charge in [0.1, 0.15) is 0 Å². The van der Waals surface area contributed by atoms with Gasteiger partial charge in [-0.15, -0.1) is 0 Å².